The van der Waals surface area contributed by atoms with Crippen molar-refractivity contribution in [3.05, 3.63) is 24.0 Å². The first-order valence-corrected chi connectivity index (χ1v) is 11.1. The minimum atomic E-state index is -3.51. The van der Waals surface area contributed by atoms with Crippen LogP contribution >= 0.6 is 0 Å². The average molecular weight is 413 g/mol. The molecule has 2 heterocycles. The number of nitrogens with zero attached hydrogens (tertiary/aromatic N) is 2. The van der Waals surface area contributed by atoms with Crippen molar-refractivity contribution in [1.82, 2.24) is 9.80 Å². The van der Waals surface area contributed by atoms with E-state index in [2.05, 4.69) is 5.32 Å². The molecule has 1 unspecified atom stereocenters. The molecule has 8 nitrogen and oxygen atoms in total. The standard InChI is InChI=1S/C18H24FN3O5S/c1-28(26,27)13-4-5-15(14(19)11-13)20-16-3-2-8-22(17(16)23)12-6-9-21(10-7-12)18(24)25/h4-5,11-12,16,20H,2-3,6-10H2,1H3,(H,24,25). The monoisotopic (exact) mass is 413 g/mol. The first-order valence-electron chi connectivity index (χ1n) is 9.21. The molecule has 0 bridgehead atoms. The topological polar surface area (TPSA) is 107 Å². The van der Waals surface area contributed by atoms with E-state index in [9.17, 15) is 22.4 Å². The first kappa shape index (κ1) is 20.4. The summed E-state index contributed by atoms with van der Waals surface area (Å²) in [5.41, 5.74) is 0.0910. The molecule has 2 aliphatic heterocycles. The Labute approximate surface area is 163 Å². The highest BCUT2D eigenvalue weighted by molar-refractivity contribution is 7.90. The van der Waals surface area contributed by atoms with Crippen molar-refractivity contribution >= 4 is 27.5 Å². The van der Waals surface area contributed by atoms with Crippen LogP contribution in [0.2, 0.25) is 0 Å². The van der Waals surface area contributed by atoms with Gasteiger partial charge in [-0.2, -0.15) is 0 Å². The fraction of sp³-hybridized carbons (Fsp3) is 0.556. The van der Waals surface area contributed by atoms with Crippen molar-refractivity contribution in [1.29, 1.82) is 0 Å². The van der Waals surface area contributed by atoms with E-state index in [1.165, 1.54) is 17.0 Å². The molecule has 1 aromatic rings. The number of likely N-dealkylation sites (tertiary alicyclic amines) is 2. The second-order valence-corrected chi connectivity index (χ2v) is 9.30. The molecule has 0 radical (unpaired) electrons. The summed E-state index contributed by atoms with van der Waals surface area (Å²) >= 11 is 0. The number of nitrogens with one attached hydrogen (secondary N) is 1. The lowest BCUT2D eigenvalue weighted by Crippen LogP contribution is -2.55. The molecule has 3 rings (SSSR count). The number of carboxylic acid groups (broad SMARTS) is 1. The van der Waals surface area contributed by atoms with E-state index in [0.29, 0.717) is 38.9 Å². The molecule has 154 valence electrons. The maximum absolute atomic E-state index is 14.3. The van der Waals surface area contributed by atoms with Gasteiger partial charge in [-0.3, -0.25) is 4.79 Å². The molecule has 0 spiro atoms. The molecule has 1 aromatic carbocycles. The molecular formula is C18H24FN3O5S. The summed E-state index contributed by atoms with van der Waals surface area (Å²) in [6.07, 6.45) is 2.54. The van der Waals surface area contributed by atoms with Crippen molar-refractivity contribution < 1.29 is 27.5 Å². The molecule has 2 fully saturated rings. The molecule has 2 N–H and O–H groups in total. The normalized spacial score (nSPS) is 21.6. The Bertz CT molecular complexity index is 868. The van der Waals surface area contributed by atoms with Gasteiger partial charge in [0.25, 0.3) is 0 Å². The van der Waals surface area contributed by atoms with Crippen molar-refractivity contribution in [3.63, 3.8) is 0 Å². The number of halogens is 1. The quantitative estimate of drug-likeness (QED) is 0.779. The highest BCUT2D eigenvalue weighted by Gasteiger charge is 2.35. The predicted octanol–water partition coefficient (Wildman–Crippen LogP) is 1.77. The van der Waals surface area contributed by atoms with E-state index in [4.69, 9.17) is 5.11 Å². The van der Waals surface area contributed by atoms with Gasteiger partial charge in [0.15, 0.2) is 9.84 Å². The Morgan fingerprint density at radius 3 is 2.46 bits per heavy atom. The Morgan fingerprint density at radius 2 is 1.89 bits per heavy atom. The van der Waals surface area contributed by atoms with Gasteiger partial charge in [0, 0.05) is 31.9 Å². The number of benzene rings is 1. The number of carbonyl (C=O) groups excluding carboxylic acids is 1. The SMILES string of the molecule is CS(=O)(=O)c1ccc(NC2CCCN(C3CCN(C(=O)O)CC3)C2=O)c(F)c1. The fourth-order valence-corrected chi connectivity index (χ4v) is 4.43. The Hall–Kier alpha value is -2.36. The molecule has 28 heavy (non-hydrogen) atoms. The average Bonchev–Trinajstić information content (AvgIpc) is 2.64. The third-order valence-corrected chi connectivity index (χ3v) is 6.46. The molecule has 0 aliphatic carbocycles. The van der Waals surface area contributed by atoms with Gasteiger partial charge >= 0.3 is 6.09 Å². The Balaban J connectivity index is 1.67. The lowest BCUT2D eigenvalue weighted by Gasteiger charge is -2.41. The van der Waals surface area contributed by atoms with Crippen molar-refractivity contribution in [2.45, 2.75) is 42.7 Å². The van der Waals surface area contributed by atoms with Crippen LogP contribution in [-0.4, -0.2) is 73.3 Å². The van der Waals surface area contributed by atoms with E-state index < -0.39 is 27.8 Å². The number of carbonyl (C=O) groups is 2. The van der Waals surface area contributed by atoms with Crippen LogP contribution in [0, 0.1) is 5.82 Å². The van der Waals surface area contributed by atoms with Crippen LogP contribution in [0.4, 0.5) is 14.9 Å². The van der Waals surface area contributed by atoms with Crippen LogP contribution in [0.25, 0.3) is 0 Å². The summed E-state index contributed by atoms with van der Waals surface area (Å²) in [7, 11) is -3.51. The summed E-state index contributed by atoms with van der Waals surface area (Å²) in [5, 5.41) is 12.0. The Kier molecular flexibility index (Phi) is 5.78. The van der Waals surface area contributed by atoms with E-state index in [1.807, 2.05) is 0 Å². The second-order valence-electron chi connectivity index (χ2n) is 7.29. The van der Waals surface area contributed by atoms with Crippen molar-refractivity contribution in [2.75, 3.05) is 31.2 Å². The zero-order chi connectivity index (χ0) is 20.5. The van der Waals surface area contributed by atoms with Crippen molar-refractivity contribution in [2.24, 2.45) is 0 Å². The third kappa shape index (κ3) is 4.37. The molecule has 2 aliphatic rings. The summed E-state index contributed by atoms with van der Waals surface area (Å²) < 4.78 is 37.4. The molecule has 1 atom stereocenters. The highest BCUT2D eigenvalue weighted by atomic mass is 32.2. The lowest BCUT2D eigenvalue weighted by atomic mass is 9.97. The van der Waals surface area contributed by atoms with Crippen LogP contribution < -0.4 is 5.32 Å². The van der Waals surface area contributed by atoms with E-state index in [1.54, 1.807) is 4.90 Å². The van der Waals surface area contributed by atoms with Gasteiger partial charge in [-0.15, -0.1) is 0 Å². The van der Waals surface area contributed by atoms with Gasteiger partial charge in [-0.05, 0) is 43.9 Å². The molecule has 10 heteroatoms. The minimum absolute atomic E-state index is 0.0230. The van der Waals surface area contributed by atoms with E-state index in [0.717, 1.165) is 18.7 Å². The maximum atomic E-state index is 14.3. The molecule has 2 saturated heterocycles. The zero-order valence-corrected chi connectivity index (χ0v) is 16.4. The van der Waals surface area contributed by atoms with Gasteiger partial charge < -0.3 is 20.2 Å². The van der Waals surface area contributed by atoms with Gasteiger partial charge in [0.05, 0.1) is 10.6 Å². The number of rotatable bonds is 4. The van der Waals surface area contributed by atoms with Crippen LogP contribution in [0.15, 0.2) is 23.1 Å². The largest absolute Gasteiger partial charge is 0.465 e. The number of piperidine rings is 2. The van der Waals surface area contributed by atoms with Gasteiger partial charge in [-0.1, -0.05) is 0 Å². The highest BCUT2D eigenvalue weighted by Crippen LogP contribution is 2.26. The van der Waals surface area contributed by atoms with Crippen LogP contribution in [0.3, 0.4) is 0 Å². The van der Waals surface area contributed by atoms with Gasteiger partial charge in [0.2, 0.25) is 5.91 Å². The summed E-state index contributed by atoms with van der Waals surface area (Å²) in [6.45, 7) is 1.39. The molecule has 0 aromatic heterocycles. The maximum Gasteiger partial charge on any atom is 0.407 e. The fourth-order valence-electron chi connectivity index (χ4n) is 3.80. The molecule has 0 saturated carbocycles. The van der Waals surface area contributed by atoms with Gasteiger partial charge in [-0.25, -0.2) is 17.6 Å². The number of sulfone groups is 1. The number of anilines is 1. The third-order valence-electron chi connectivity index (χ3n) is 5.35. The van der Waals surface area contributed by atoms with Gasteiger partial charge in [0.1, 0.15) is 11.9 Å². The van der Waals surface area contributed by atoms with Crippen LogP contribution in [0.5, 0.6) is 0 Å². The predicted molar refractivity (Wildman–Crippen MR) is 100 cm³/mol. The number of amides is 2. The Morgan fingerprint density at radius 1 is 1.21 bits per heavy atom. The number of hydrogen-bond acceptors (Lipinski definition) is 5. The van der Waals surface area contributed by atoms with Crippen LogP contribution in [-0.2, 0) is 14.6 Å². The number of hydrogen-bond donors (Lipinski definition) is 2. The van der Waals surface area contributed by atoms with E-state index in [-0.39, 0.29) is 22.5 Å². The minimum Gasteiger partial charge on any atom is -0.465 e. The van der Waals surface area contributed by atoms with E-state index >= 15 is 0 Å². The second kappa shape index (κ2) is 7.94. The summed E-state index contributed by atoms with van der Waals surface area (Å²) in [4.78, 5) is 26.9. The lowest BCUT2D eigenvalue weighted by molar-refractivity contribution is -0.137. The zero-order valence-electron chi connectivity index (χ0n) is 15.6. The van der Waals surface area contributed by atoms with Crippen molar-refractivity contribution in [3.8, 4) is 0 Å². The molecular weight excluding hydrogens is 389 g/mol. The summed E-state index contributed by atoms with van der Waals surface area (Å²) in [5.74, 6) is -0.853. The molecule has 2 amide bonds. The first-order chi connectivity index (χ1) is 13.2. The van der Waals surface area contributed by atoms with Crippen LogP contribution in [0.1, 0.15) is 25.7 Å². The summed E-state index contributed by atoms with van der Waals surface area (Å²) in [6, 6.07) is 2.98. The smallest absolute Gasteiger partial charge is 0.407 e.